The maximum atomic E-state index is 12.6. The lowest BCUT2D eigenvalue weighted by molar-refractivity contribution is 0.0812. The summed E-state index contributed by atoms with van der Waals surface area (Å²) < 4.78 is 5.91. The zero-order valence-electron chi connectivity index (χ0n) is 15.7. The molecule has 2 amide bonds. The van der Waals surface area contributed by atoms with Gasteiger partial charge in [-0.3, -0.25) is 9.59 Å². The van der Waals surface area contributed by atoms with Crippen LogP contribution in [0.3, 0.4) is 0 Å². The number of nitrogens with two attached hydrogens (primary N) is 1. The topological polar surface area (TPSA) is 123 Å². The molecule has 3 aromatic rings. The molecule has 10 nitrogen and oxygen atoms in total. The van der Waals surface area contributed by atoms with Gasteiger partial charge in [0.25, 0.3) is 11.8 Å². The van der Waals surface area contributed by atoms with E-state index in [2.05, 4.69) is 19.9 Å². The first-order valence-corrected chi connectivity index (χ1v) is 9.64. The van der Waals surface area contributed by atoms with Gasteiger partial charge in [0.05, 0.1) is 11.4 Å². The van der Waals surface area contributed by atoms with Gasteiger partial charge in [-0.2, -0.15) is 0 Å². The van der Waals surface area contributed by atoms with Gasteiger partial charge in [-0.25, -0.2) is 4.68 Å². The van der Waals surface area contributed by atoms with E-state index in [9.17, 15) is 9.59 Å². The number of nitrogens with zero attached hydrogens (tertiary/aromatic N) is 7. The van der Waals surface area contributed by atoms with Gasteiger partial charge in [0.2, 0.25) is 0 Å². The summed E-state index contributed by atoms with van der Waals surface area (Å²) >= 11 is 2.22. The van der Waals surface area contributed by atoms with Gasteiger partial charge < -0.3 is 15.5 Å². The van der Waals surface area contributed by atoms with Crippen LogP contribution >= 0.6 is 23.3 Å². The highest BCUT2D eigenvalue weighted by molar-refractivity contribution is 8.01. The Morgan fingerprint density at radius 1 is 1.04 bits per heavy atom. The molecule has 0 atom stereocenters. The van der Waals surface area contributed by atoms with Crippen molar-refractivity contribution in [3.05, 3.63) is 35.7 Å². The van der Waals surface area contributed by atoms with Crippen molar-refractivity contribution in [2.24, 2.45) is 0 Å². The Hall–Kier alpha value is -2.99. The molecule has 0 saturated heterocycles. The van der Waals surface area contributed by atoms with Gasteiger partial charge >= 0.3 is 0 Å². The van der Waals surface area contributed by atoms with E-state index in [1.807, 2.05) is 6.07 Å². The van der Waals surface area contributed by atoms with Crippen LogP contribution in [0.25, 0.3) is 5.69 Å². The van der Waals surface area contributed by atoms with Gasteiger partial charge in [0, 0.05) is 28.2 Å². The fraction of sp³-hybridized carbons (Fsp3) is 0.250. The van der Waals surface area contributed by atoms with Crippen LogP contribution in [0.5, 0.6) is 0 Å². The number of para-hydroxylation sites is 2. The first-order valence-electron chi connectivity index (χ1n) is 8.05. The third-order valence-corrected chi connectivity index (χ3v) is 5.59. The molecule has 2 aromatic heterocycles. The Balaban J connectivity index is 2.13. The van der Waals surface area contributed by atoms with Crippen molar-refractivity contribution >= 4 is 40.8 Å². The van der Waals surface area contributed by atoms with Crippen molar-refractivity contribution in [3.8, 4) is 5.69 Å². The summed E-state index contributed by atoms with van der Waals surface area (Å²) in [5.74, 6) is -0.601. The van der Waals surface area contributed by atoms with Crippen molar-refractivity contribution in [2.75, 3.05) is 33.9 Å². The molecule has 0 aliphatic carbocycles. The van der Waals surface area contributed by atoms with Crippen LogP contribution in [-0.2, 0) is 0 Å². The number of carbonyl (C=O) groups is 2. The molecule has 0 saturated carbocycles. The molecule has 0 aliphatic rings. The van der Waals surface area contributed by atoms with Crippen LogP contribution in [0.4, 0.5) is 5.69 Å². The van der Waals surface area contributed by atoms with Crippen LogP contribution in [0.15, 0.2) is 33.5 Å². The van der Waals surface area contributed by atoms with Crippen molar-refractivity contribution in [2.45, 2.75) is 9.24 Å². The van der Waals surface area contributed by atoms with E-state index < -0.39 is 0 Å². The highest BCUT2D eigenvalue weighted by Gasteiger charge is 2.27. The molecular weight excluding hydrogens is 400 g/mol. The number of aromatic nitrogens is 5. The summed E-state index contributed by atoms with van der Waals surface area (Å²) in [6, 6.07) is 7.11. The van der Waals surface area contributed by atoms with E-state index in [0.29, 0.717) is 20.6 Å². The minimum atomic E-state index is -0.318. The van der Waals surface area contributed by atoms with E-state index in [0.717, 1.165) is 23.3 Å². The van der Waals surface area contributed by atoms with Crippen LogP contribution in [0, 0.1) is 0 Å². The maximum absolute atomic E-state index is 12.6. The van der Waals surface area contributed by atoms with E-state index in [-0.39, 0.29) is 23.2 Å². The molecule has 0 spiro atoms. The summed E-state index contributed by atoms with van der Waals surface area (Å²) in [6.45, 7) is 0. The van der Waals surface area contributed by atoms with Crippen molar-refractivity contribution < 1.29 is 9.59 Å². The number of anilines is 1. The molecule has 28 heavy (non-hydrogen) atoms. The number of rotatable bonds is 5. The van der Waals surface area contributed by atoms with Gasteiger partial charge in [-0.15, -0.1) is 10.2 Å². The Bertz CT molecular complexity index is 1030. The monoisotopic (exact) mass is 418 g/mol. The molecule has 0 bridgehead atoms. The molecule has 0 fully saturated rings. The minimum absolute atomic E-state index is 0.148. The third kappa shape index (κ3) is 3.68. The first kappa shape index (κ1) is 19.8. The zero-order chi connectivity index (χ0) is 20.4. The van der Waals surface area contributed by atoms with Crippen LogP contribution in [-0.4, -0.2) is 74.4 Å². The molecule has 12 heteroatoms. The second-order valence-corrected chi connectivity index (χ2v) is 8.14. The highest BCUT2D eigenvalue weighted by Crippen LogP contribution is 2.36. The normalized spacial score (nSPS) is 10.7. The molecule has 1 aromatic carbocycles. The summed E-state index contributed by atoms with van der Waals surface area (Å²) in [5, 5.41) is 12.5. The Morgan fingerprint density at radius 3 is 2.32 bits per heavy atom. The van der Waals surface area contributed by atoms with Gasteiger partial charge in [-0.05, 0) is 23.7 Å². The molecule has 0 radical (unpaired) electrons. The number of carbonyl (C=O) groups excluding carboxylic acids is 2. The van der Waals surface area contributed by atoms with E-state index >= 15 is 0 Å². The summed E-state index contributed by atoms with van der Waals surface area (Å²) in [5.41, 5.74) is 7.49. The second kappa shape index (κ2) is 7.94. The molecule has 3 rings (SSSR count). The maximum Gasteiger partial charge on any atom is 0.276 e. The van der Waals surface area contributed by atoms with E-state index in [4.69, 9.17) is 5.73 Å². The lowest BCUT2D eigenvalue weighted by atomic mass is 10.3. The lowest BCUT2D eigenvalue weighted by Gasteiger charge is -2.12. The minimum Gasteiger partial charge on any atom is -0.397 e. The number of nitrogen functional groups attached to an aromatic ring is 1. The van der Waals surface area contributed by atoms with Crippen molar-refractivity contribution in [1.29, 1.82) is 0 Å². The van der Waals surface area contributed by atoms with Gasteiger partial charge in [-0.1, -0.05) is 33.6 Å². The smallest absolute Gasteiger partial charge is 0.276 e. The Kier molecular flexibility index (Phi) is 5.61. The largest absolute Gasteiger partial charge is 0.397 e. The predicted octanol–water partition coefficient (Wildman–Crippen LogP) is 1.26. The number of hydrogen-bond donors (Lipinski definition) is 1. The summed E-state index contributed by atoms with van der Waals surface area (Å²) in [4.78, 5) is 27.8. The fourth-order valence-electron chi connectivity index (χ4n) is 2.23. The van der Waals surface area contributed by atoms with Crippen LogP contribution < -0.4 is 5.73 Å². The van der Waals surface area contributed by atoms with Crippen molar-refractivity contribution in [3.63, 3.8) is 0 Å². The Morgan fingerprint density at radius 2 is 1.68 bits per heavy atom. The molecular formula is C16H18N8O2S2. The summed E-state index contributed by atoms with van der Waals surface area (Å²) in [7, 11) is 6.52. The predicted molar refractivity (Wildman–Crippen MR) is 106 cm³/mol. The standard InChI is InChI=1S/C16H18N8O2S2/c1-22(2)13(25)11-15(24(20-18-11)10-8-6-5-7-9(10)17)27-16-12(19-21-28-16)14(26)23(3)4/h5-8H,17H2,1-4H3. The molecule has 2 heterocycles. The molecule has 146 valence electrons. The quantitative estimate of drug-likeness (QED) is 0.614. The molecule has 2 N–H and O–H groups in total. The van der Waals surface area contributed by atoms with Crippen molar-refractivity contribution in [1.82, 2.24) is 34.4 Å². The van der Waals surface area contributed by atoms with E-state index in [1.54, 1.807) is 46.4 Å². The zero-order valence-corrected chi connectivity index (χ0v) is 17.3. The Labute approximate surface area is 169 Å². The molecule has 0 aliphatic heterocycles. The molecule has 0 unspecified atom stereocenters. The van der Waals surface area contributed by atoms with Crippen LogP contribution in [0.2, 0.25) is 0 Å². The third-order valence-electron chi connectivity index (χ3n) is 3.66. The van der Waals surface area contributed by atoms with E-state index in [1.165, 1.54) is 14.5 Å². The SMILES string of the molecule is CN(C)C(=O)c1nnsc1Sc1c(C(=O)N(C)C)nnn1-c1ccccc1N. The second-order valence-electron chi connectivity index (χ2n) is 6.12. The van der Waals surface area contributed by atoms with Crippen LogP contribution in [0.1, 0.15) is 21.0 Å². The average molecular weight is 419 g/mol. The first-order chi connectivity index (χ1) is 13.3. The van der Waals surface area contributed by atoms with Gasteiger partial charge in [0.15, 0.2) is 11.4 Å². The highest BCUT2D eigenvalue weighted by atomic mass is 32.2. The fourth-order valence-corrected chi connectivity index (χ4v) is 3.97. The lowest BCUT2D eigenvalue weighted by Crippen LogP contribution is -2.23. The average Bonchev–Trinajstić information content (AvgIpc) is 3.28. The van der Waals surface area contributed by atoms with Gasteiger partial charge in [0.1, 0.15) is 9.24 Å². The number of amides is 2. The number of benzene rings is 1. The number of hydrogen-bond acceptors (Lipinski definition) is 9. The summed E-state index contributed by atoms with van der Waals surface area (Å²) in [6.07, 6.45) is 0.